The zero-order valence-electron chi connectivity index (χ0n) is 19.9. The van der Waals surface area contributed by atoms with E-state index in [9.17, 15) is 9.59 Å². The highest BCUT2D eigenvalue weighted by atomic mass is 16.5. The van der Waals surface area contributed by atoms with Gasteiger partial charge in [-0.3, -0.25) is 14.7 Å². The van der Waals surface area contributed by atoms with Crippen LogP contribution in [0.25, 0.3) is 22.4 Å². The average molecular weight is 495 g/mol. The van der Waals surface area contributed by atoms with E-state index in [1.54, 1.807) is 6.20 Å². The molecule has 3 aromatic heterocycles. The van der Waals surface area contributed by atoms with Crippen LogP contribution in [0, 0.1) is 6.92 Å². The summed E-state index contributed by atoms with van der Waals surface area (Å²) in [6.45, 7) is 2.13. The van der Waals surface area contributed by atoms with Gasteiger partial charge in [-0.1, -0.05) is 23.4 Å². The van der Waals surface area contributed by atoms with Gasteiger partial charge in [-0.05, 0) is 54.7 Å². The molecule has 2 aromatic carbocycles. The minimum Gasteiger partial charge on any atom is -0.356 e. The van der Waals surface area contributed by atoms with E-state index in [-0.39, 0.29) is 29.9 Å². The molecule has 0 saturated carbocycles. The van der Waals surface area contributed by atoms with E-state index >= 15 is 0 Å². The van der Waals surface area contributed by atoms with Gasteiger partial charge in [0.05, 0.1) is 12.2 Å². The molecule has 2 amide bonds. The van der Waals surface area contributed by atoms with Crippen LogP contribution in [0.15, 0.2) is 59.5 Å². The number of aromatic amines is 1. The minimum absolute atomic E-state index is 0.110. The van der Waals surface area contributed by atoms with Crippen molar-refractivity contribution in [2.75, 3.05) is 0 Å². The van der Waals surface area contributed by atoms with Gasteiger partial charge in [0.2, 0.25) is 0 Å². The zero-order valence-corrected chi connectivity index (χ0v) is 19.9. The van der Waals surface area contributed by atoms with Crippen LogP contribution in [0.4, 0.5) is 0 Å². The molecule has 0 saturated heterocycles. The van der Waals surface area contributed by atoms with Crippen molar-refractivity contribution in [1.82, 2.24) is 40.9 Å². The molecule has 0 fully saturated rings. The molecule has 1 unspecified atom stereocenters. The molecule has 3 N–H and O–H groups in total. The maximum atomic E-state index is 13.0. The Morgan fingerprint density at radius 2 is 1.95 bits per heavy atom. The number of carbonyl (C=O) groups is 2. The third kappa shape index (κ3) is 4.54. The van der Waals surface area contributed by atoms with E-state index in [2.05, 4.69) is 47.0 Å². The minimum atomic E-state index is -0.407. The molecular weight excluding hydrogens is 472 g/mol. The first-order valence-electron chi connectivity index (χ1n) is 11.8. The van der Waals surface area contributed by atoms with Crippen molar-refractivity contribution < 1.29 is 14.1 Å². The number of nitrogens with one attached hydrogen (secondary N) is 3. The molecule has 5 aromatic rings. The second kappa shape index (κ2) is 9.26. The van der Waals surface area contributed by atoms with Crippen molar-refractivity contribution >= 4 is 22.8 Å². The van der Waals surface area contributed by atoms with Crippen molar-refractivity contribution in [2.24, 2.45) is 0 Å². The summed E-state index contributed by atoms with van der Waals surface area (Å²) in [6.07, 6.45) is 4.45. The Hall–Kier alpha value is -4.93. The van der Waals surface area contributed by atoms with E-state index < -0.39 is 5.91 Å². The monoisotopic (exact) mass is 494 g/mol. The number of nitrogens with zero attached hydrogens (tertiary/aromatic N) is 5. The number of carbonyl (C=O) groups excluding carboxylic acids is 2. The number of aryl methyl sites for hydroxylation is 2. The summed E-state index contributed by atoms with van der Waals surface area (Å²) in [5.41, 5.74) is 4.87. The van der Waals surface area contributed by atoms with Crippen LogP contribution in [0.5, 0.6) is 0 Å². The standard InChI is InChI=1S/C26H22N8O3/c1-14-31-24(34-33-14)17-4-6-19-16(9-17)5-7-20(19)32-26(36)22-10-21(28-13-29-22)25(35)27-11-15-2-3-18-12-30-37-23(18)8-15/h2-4,6,8-10,12-13,20H,5,7,11H2,1H3,(H,27,35)(H,32,36)(H,31,33,34). The lowest BCUT2D eigenvalue weighted by Crippen LogP contribution is -2.29. The summed E-state index contributed by atoms with van der Waals surface area (Å²) in [7, 11) is 0. The van der Waals surface area contributed by atoms with Gasteiger partial charge in [0.15, 0.2) is 11.4 Å². The van der Waals surface area contributed by atoms with Gasteiger partial charge in [0, 0.05) is 23.6 Å². The number of rotatable bonds is 6. The lowest BCUT2D eigenvalue weighted by Gasteiger charge is -2.14. The maximum Gasteiger partial charge on any atom is 0.270 e. The fourth-order valence-electron chi connectivity index (χ4n) is 4.50. The molecule has 1 atom stereocenters. The molecule has 0 radical (unpaired) electrons. The maximum absolute atomic E-state index is 13.0. The first-order chi connectivity index (χ1) is 18.0. The molecule has 0 spiro atoms. The van der Waals surface area contributed by atoms with Gasteiger partial charge in [-0.15, -0.1) is 0 Å². The Bertz CT molecular complexity index is 1640. The van der Waals surface area contributed by atoms with Crippen LogP contribution in [-0.4, -0.2) is 42.1 Å². The van der Waals surface area contributed by atoms with Gasteiger partial charge >= 0.3 is 0 Å². The van der Waals surface area contributed by atoms with E-state index in [0.717, 1.165) is 46.3 Å². The first kappa shape index (κ1) is 22.5. The second-order valence-corrected chi connectivity index (χ2v) is 8.89. The zero-order chi connectivity index (χ0) is 25.4. The summed E-state index contributed by atoms with van der Waals surface area (Å²) in [6, 6.07) is 12.8. The molecule has 11 nitrogen and oxygen atoms in total. The fraction of sp³-hybridized carbons (Fsp3) is 0.192. The number of aromatic nitrogens is 6. The van der Waals surface area contributed by atoms with Gasteiger partial charge in [-0.25, -0.2) is 15.0 Å². The topological polar surface area (TPSA) is 152 Å². The summed E-state index contributed by atoms with van der Waals surface area (Å²) in [5.74, 6) is 0.637. The smallest absolute Gasteiger partial charge is 0.270 e. The third-order valence-electron chi connectivity index (χ3n) is 6.39. The van der Waals surface area contributed by atoms with E-state index in [1.807, 2.05) is 37.3 Å². The van der Waals surface area contributed by atoms with E-state index in [4.69, 9.17) is 4.52 Å². The number of hydrogen-bond acceptors (Lipinski definition) is 8. The lowest BCUT2D eigenvalue weighted by atomic mass is 10.0. The molecule has 0 aliphatic heterocycles. The van der Waals surface area contributed by atoms with Crippen molar-refractivity contribution in [2.45, 2.75) is 32.4 Å². The molecule has 1 aliphatic carbocycles. The summed E-state index contributed by atoms with van der Waals surface area (Å²) in [4.78, 5) is 38.2. The average Bonchev–Trinajstić information content (AvgIpc) is 3.67. The molecule has 37 heavy (non-hydrogen) atoms. The van der Waals surface area contributed by atoms with Crippen molar-refractivity contribution in [3.63, 3.8) is 0 Å². The molecule has 3 heterocycles. The van der Waals surface area contributed by atoms with Gasteiger partial charge < -0.3 is 15.2 Å². The van der Waals surface area contributed by atoms with Gasteiger partial charge in [0.1, 0.15) is 23.5 Å². The number of benzene rings is 2. The summed E-state index contributed by atoms with van der Waals surface area (Å²) < 4.78 is 5.16. The van der Waals surface area contributed by atoms with Crippen molar-refractivity contribution in [3.8, 4) is 11.4 Å². The molecule has 6 rings (SSSR count). The second-order valence-electron chi connectivity index (χ2n) is 8.89. The predicted octanol–water partition coefficient (Wildman–Crippen LogP) is 3.06. The molecule has 0 bridgehead atoms. The highest BCUT2D eigenvalue weighted by Crippen LogP contribution is 2.33. The van der Waals surface area contributed by atoms with Crippen LogP contribution < -0.4 is 10.6 Å². The van der Waals surface area contributed by atoms with Gasteiger partial charge in [0.25, 0.3) is 11.8 Å². The molecule has 1 aliphatic rings. The van der Waals surface area contributed by atoms with E-state index in [1.165, 1.54) is 12.4 Å². The Kier molecular flexibility index (Phi) is 5.64. The molecule has 11 heteroatoms. The van der Waals surface area contributed by atoms with Crippen LogP contribution in [0.1, 0.15) is 56.0 Å². The lowest BCUT2D eigenvalue weighted by molar-refractivity contribution is 0.0931. The Balaban J connectivity index is 1.11. The van der Waals surface area contributed by atoms with E-state index in [0.29, 0.717) is 11.4 Å². The Morgan fingerprint density at radius 1 is 1.08 bits per heavy atom. The van der Waals surface area contributed by atoms with Crippen LogP contribution in [-0.2, 0) is 13.0 Å². The summed E-state index contributed by atoms with van der Waals surface area (Å²) >= 11 is 0. The first-order valence-corrected chi connectivity index (χ1v) is 11.8. The van der Waals surface area contributed by atoms with Crippen molar-refractivity contribution in [3.05, 3.63) is 88.9 Å². The quantitative estimate of drug-likeness (QED) is 0.326. The Morgan fingerprint density at radius 3 is 2.78 bits per heavy atom. The highest BCUT2D eigenvalue weighted by Gasteiger charge is 2.26. The third-order valence-corrected chi connectivity index (χ3v) is 6.39. The van der Waals surface area contributed by atoms with Crippen LogP contribution >= 0.6 is 0 Å². The molecule has 184 valence electrons. The van der Waals surface area contributed by atoms with Crippen LogP contribution in [0.2, 0.25) is 0 Å². The normalized spacial score (nSPS) is 14.5. The van der Waals surface area contributed by atoms with Crippen molar-refractivity contribution in [1.29, 1.82) is 0 Å². The summed E-state index contributed by atoms with van der Waals surface area (Å²) in [5, 5.41) is 17.6. The number of H-pyrrole nitrogens is 1. The number of fused-ring (bicyclic) bond motifs is 2. The number of amides is 2. The largest absolute Gasteiger partial charge is 0.356 e. The predicted molar refractivity (Wildman–Crippen MR) is 132 cm³/mol. The van der Waals surface area contributed by atoms with Crippen LogP contribution in [0.3, 0.4) is 0 Å². The molecular formula is C26H22N8O3. The Labute approximate surface area is 210 Å². The SMILES string of the molecule is Cc1nc(-c2ccc3c(c2)CCC3NC(=O)c2cc(C(=O)NCc3ccc4cnoc4c3)ncn2)n[nH]1. The highest BCUT2D eigenvalue weighted by molar-refractivity contribution is 5.97. The number of hydrogen-bond donors (Lipinski definition) is 3. The van der Waals surface area contributed by atoms with Gasteiger partial charge in [-0.2, -0.15) is 5.10 Å². The fourth-order valence-corrected chi connectivity index (χ4v) is 4.50.